The summed E-state index contributed by atoms with van der Waals surface area (Å²) in [7, 11) is 0. The Morgan fingerprint density at radius 1 is 1.04 bits per heavy atom. The molecule has 0 heterocycles. The van der Waals surface area contributed by atoms with Crippen molar-refractivity contribution in [3.8, 4) is 0 Å². The van der Waals surface area contributed by atoms with E-state index < -0.39 is 23.4 Å². The standard InChI is InChI=1S/C19H39N3O5/c1-18(2,3)26-16(24)21-11-8-7-10-15(20)14-22(12-9-13-23)17(25)27-19(4,5)6/h15,23H,7-14,20H2,1-6H3,(H,21,24). The molecule has 0 saturated carbocycles. The fourth-order valence-electron chi connectivity index (χ4n) is 2.26. The van der Waals surface area contributed by atoms with E-state index in [2.05, 4.69) is 5.32 Å². The summed E-state index contributed by atoms with van der Waals surface area (Å²) in [6.07, 6.45) is 1.94. The molecule has 0 aromatic rings. The zero-order valence-electron chi connectivity index (χ0n) is 17.8. The van der Waals surface area contributed by atoms with Gasteiger partial charge in [-0.2, -0.15) is 0 Å². The summed E-state index contributed by atoms with van der Waals surface area (Å²) < 4.78 is 10.6. The predicted octanol–water partition coefficient (Wildman–Crippen LogP) is 2.63. The van der Waals surface area contributed by atoms with E-state index in [1.807, 2.05) is 41.5 Å². The van der Waals surface area contributed by atoms with Crippen LogP contribution >= 0.6 is 0 Å². The molecule has 0 radical (unpaired) electrons. The van der Waals surface area contributed by atoms with E-state index >= 15 is 0 Å². The maximum Gasteiger partial charge on any atom is 0.410 e. The van der Waals surface area contributed by atoms with Crippen molar-refractivity contribution in [2.45, 2.75) is 84.5 Å². The molecule has 0 bridgehead atoms. The number of rotatable bonds is 10. The van der Waals surface area contributed by atoms with Gasteiger partial charge in [0.05, 0.1) is 0 Å². The van der Waals surface area contributed by atoms with E-state index in [9.17, 15) is 9.59 Å². The maximum absolute atomic E-state index is 12.3. The van der Waals surface area contributed by atoms with Gasteiger partial charge < -0.3 is 30.5 Å². The summed E-state index contributed by atoms with van der Waals surface area (Å²) in [5, 5.41) is 11.7. The summed E-state index contributed by atoms with van der Waals surface area (Å²) in [5.41, 5.74) is 5.06. The van der Waals surface area contributed by atoms with Crippen LogP contribution in [0.25, 0.3) is 0 Å². The van der Waals surface area contributed by atoms with Gasteiger partial charge in [0.1, 0.15) is 11.2 Å². The third kappa shape index (κ3) is 15.2. The van der Waals surface area contributed by atoms with Crippen LogP contribution in [0, 0.1) is 0 Å². The number of ether oxygens (including phenoxy) is 2. The number of nitrogens with one attached hydrogen (secondary N) is 1. The second kappa shape index (κ2) is 12.0. The fourth-order valence-corrected chi connectivity index (χ4v) is 2.26. The van der Waals surface area contributed by atoms with Gasteiger partial charge in [0.15, 0.2) is 0 Å². The Balaban J connectivity index is 4.20. The van der Waals surface area contributed by atoms with E-state index in [0.717, 1.165) is 12.8 Å². The molecule has 2 amide bonds. The van der Waals surface area contributed by atoms with Crippen molar-refractivity contribution in [3.05, 3.63) is 0 Å². The lowest BCUT2D eigenvalue weighted by molar-refractivity contribution is 0.0226. The lowest BCUT2D eigenvalue weighted by Crippen LogP contribution is -2.44. The van der Waals surface area contributed by atoms with Gasteiger partial charge in [0, 0.05) is 32.3 Å². The number of nitrogens with zero attached hydrogens (tertiary/aromatic N) is 1. The Morgan fingerprint density at radius 3 is 2.15 bits per heavy atom. The molecule has 0 aliphatic carbocycles. The third-order valence-electron chi connectivity index (χ3n) is 3.36. The summed E-state index contributed by atoms with van der Waals surface area (Å²) in [5.74, 6) is 0. The van der Waals surface area contributed by atoms with E-state index in [1.54, 1.807) is 4.90 Å². The molecular formula is C19H39N3O5. The van der Waals surface area contributed by atoms with Crippen LogP contribution in [0.1, 0.15) is 67.2 Å². The highest BCUT2D eigenvalue weighted by atomic mass is 16.6. The van der Waals surface area contributed by atoms with Crippen molar-refractivity contribution in [2.75, 3.05) is 26.2 Å². The first-order valence-electron chi connectivity index (χ1n) is 9.65. The second-order valence-corrected chi connectivity index (χ2v) is 8.69. The average molecular weight is 390 g/mol. The zero-order valence-corrected chi connectivity index (χ0v) is 17.8. The quantitative estimate of drug-likeness (QED) is 0.495. The molecule has 8 nitrogen and oxygen atoms in total. The van der Waals surface area contributed by atoms with Gasteiger partial charge in [-0.05, 0) is 60.8 Å². The average Bonchev–Trinajstić information content (AvgIpc) is 2.47. The van der Waals surface area contributed by atoms with Crippen LogP contribution in [-0.4, -0.2) is 65.7 Å². The highest BCUT2D eigenvalue weighted by Gasteiger charge is 2.23. The minimum atomic E-state index is -0.577. The summed E-state index contributed by atoms with van der Waals surface area (Å²) in [6.45, 7) is 12.2. The van der Waals surface area contributed by atoms with Crippen LogP contribution in [0.4, 0.5) is 9.59 Å². The zero-order chi connectivity index (χ0) is 21.1. The van der Waals surface area contributed by atoms with E-state index in [1.165, 1.54) is 0 Å². The van der Waals surface area contributed by atoms with Crippen LogP contribution in [0.3, 0.4) is 0 Å². The molecule has 0 spiro atoms. The number of aliphatic hydroxyl groups is 1. The van der Waals surface area contributed by atoms with Crippen LogP contribution < -0.4 is 11.1 Å². The number of amides is 2. The molecule has 1 atom stereocenters. The number of aliphatic hydroxyl groups excluding tert-OH is 1. The van der Waals surface area contributed by atoms with Gasteiger partial charge >= 0.3 is 12.2 Å². The SMILES string of the molecule is CC(C)(C)OC(=O)NCCCCC(N)CN(CCCO)C(=O)OC(C)(C)C. The molecule has 0 aliphatic rings. The molecule has 1 unspecified atom stereocenters. The monoisotopic (exact) mass is 389 g/mol. The lowest BCUT2D eigenvalue weighted by Gasteiger charge is -2.29. The van der Waals surface area contributed by atoms with Crippen LogP contribution in [0.5, 0.6) is 0 Å². The minimum absolute atomic E-state index is 0.00483. The Morgan fingerprint density at radius 2 is 1.63 bits per heavy atom. The van der Waals surface area contributed by atoms with Crippen LogP contribution in [-0.2, 0) is 9.47 Å². The van der Waals surface area contributed by atoms with Gasteiger partial charge in [-0.15, -0.1) is 0 Å². The third-order valence-corrected chi connectivity index (χ3v) is 3.36. The first-order chi connectivity index (χ1) is 12.3. The smallest absolute Gasteiger partial charge is 0.410 e. The largest absolute Gasteiger partial charge is 0.444 e. The van der Waals surface area contributed by atoms with Gasteiger partial charge in [-0.1, -0.05) is 6.42 Å². The molecular weight excluding hydrogens is 350 g/mol. The normalized spacial score (nSPS) is 13.0. The summed E-state index contributed by atoms with van der Waals surface area (Å²) >= 11 is 0. The molecule has 27 heavy (non-hydrogen) atoms. The molecule has 0 fully saturated rings. The van der Waals surface area contributed by atoms with Crippen molar-refractivity contribution in [2.24, 2.45) is 5.73 Å². The van der Waals surface area contributed by atoms with E-state index in [-0.39, 0.29) is 12.6 Å². The molecule has 0 aromatic carbocycles. The Hall–Kier alpha value is -1.54. The van der Waals surface area contributed by atoms with Gasteiger partial charge in [0.2, 0.25) is 0 Å². The molecule has 4 N–H and O–H groups in total. The van der Waals surface area contributed by atoms with Gasteiger partial charge in [-0.25, -0.2) is 9.59 Å². The number of carbonyl (C=O) groups is 2. The number of alkyl carbamates (subject to hydrolysis) is 1. The van der Waals surface area contributed by atoms with Crippen molar-refractivity contribution in [1.29, 1.82) is 0 Å². The van der Waals surface area contributed by atoms with Gasteiger partial charge in [0.25, 0.3) is 0 Å². The number of carbonyl (C=O) groups excluding carboxylic acids is 2. The van der Waals surface area contributed by atoms with Crippen LogP contribution in [0.2, 0.25) is 0 Å². The Bertz CT molecular complexity index is 444. The highest BCUT2D eigenvalue weighted by molar-refractivity contribution is 5.68. The second-order valence-electron chi connectivity index (χ2n) is 8.69. The summed E-state index contributed by atoms with van der Waals surface area (Å²) in [6, 6.07) is -0.197. The first-order valence-corrected chi connectivity index (χ1v) is 9.65. The lowest BCUT2D eigenvalue weighted by atomic mass is 10.1. The van der Waals surface area contributed by atoms with Gasteiger partial charge in [-0.3, -0.25) is 0 Å². The molecule has 0 saturated heterocycles. The predicted molar refractivity (Wildman–Crippen MR) is 106 cm³/mol. The van der Waals surface area contributed by atoms with Crippen molar-refractivity contribution in [1.82, 2.24) is 10.2 Å². The molecule has 0 aromatic heterocycles. The highest BCUT2D eigenvalue weighted by Crippen LogP contribution is 2.11. The van der Waals surface area contributed by atoms with E-state index in [0.29, 0.717) is 32.5 Å². The molecule has 160 valence electrons. The number of hydrogen-bond acceptors (Lipinski definition) is 6. The number of nitrogens with two attached hydrogens (primary N) is 1. The van der Waals surface area contributed by atoms with Crippen molar-refractivity contribution in [3.63, 3.8) is 0 Å². The summed E-state index contributed by atoms with van der Waals surface area (Å²) in [4.78, 5) is 25.4. The fraction of sp³-hybridized carbons (Fsp3) is 0.895. The topological polar surface area (TPSA) is 114 Å². The molecule has 0 aliphatic heterocycles. The molecule has 8 heteroatoms. The van der Waals surface area contributed by atoms with Crippen molar-refractivity contribution >= 4 is 12.2 Å². The maximum atomic E-state index is 12.3. The number of unbranched alkanes of at least 4 members (excludes halogenated alkanes) is 1. The molecule has 0 rings (SSSR count). The van der Waals surface area contributed by atoms with Crippen molar-refractivity contribution < 1.29 is 24.2 Å². The Labute approximate surface area is 163 Å². The minimum Gasteiger partial charge on any atom is -0.444 e. The number of hydrogen-bond donors (Lipinski definition) is 3. The Kier molecular flexibility index (Phi) is 11.3. The van der Waals surface area contributed by atoms with Crippen LogP contribution in [0.15, 0.2) is 0 Å². The van der Waals surface area contributed by atoms with E-state index in [4.69, 9.17) is 20.3 Å². The first kappa shape index (κ1) is 25.5.